The van der Waals surface area contributed by atoms with Crippen LogP contribution >= 0.6 is 0 Å². The molecule has 6 nitrogen and oxygen atoms in total. The monoisotopic (exact) mass is 326 g/mol. The first-order valence-electron chi connectivity index (χ1n) is 7.30. The van der Waals surface area contributed by atoms with Gasteiger partial charge < -0.3 is 10.1 Å². The van der Waals surface area contributed by atoms with Crippen molar-refractivity contribution in [3.05, 3.63) is 35.4 Å². The van der Waals surface area contributed by atoms with Gasteiger partial charge in [-0.2, -0.15) is 0 Å². The molecule has 0 radical (unpaired) electrons. The van der Waals surface area contributed by atoms with Gasteiger partial charge in [0.05, 0.1) is 18.4 Å². The predicted molar refractivity (Wildman–Crippen MR) is 84.0 cm³/mol. The van der Waals surface area contributed by atoms with E-state index in [1.54, 1.807) is 24.3 Å². The summed E-state index contributed by atoms with van der Waals surface area (Å²) >= 11 is 0. The quantitative estimate of drug-likeness (QED) is 0.785. The second kappa shape index (κ2) is 7.21. The molecular weight excluding hydrogens is 304 g/mol. The molecule has 0 spiro atoms. The highest BCUT2D eigenvalue weighted by molar-refractivity contribution is 7.88. The van der Waals surface area contributed by atoms with E-state index < -0.39 is 16.0 Å². The number of sulfonamides is 1. The molecule has 1 fully saturated rings. The molecule has 22 heavy (non-hydrogen) atoms. The highest BCUT2D eigenvalue weighted by atomic mass is 32.2. The van der Waals surface area contributed by atoms with Gasteiger partial charge in [0.15, 0.2) is 0 Å². The van der Waals surface area contributed by atoms with Gasteiger partial charge >= 0.3 is 5.97 Å². The summed E-state index contributed by atoms with van der Waals surface area (Å²) in [5.74, 6) is -0.519. The van der Waals surface area contributed by atoms with Crippen molar-refractivity contribution in [3.63, 3.8) is 0 Å². The van der Waals surface area contributed by atoms with Crippen LogP contribution in [0.25, 0.3) is 0 Å². The van der Waals surface area contributed by atoms with Crippen molar-refractivity contribution in [2.24, 2.45) is 5.92 Å². The Bertz CT molecular complexity index is 630. The third-order valence-electron chi connectivity index (χ3n) is 3.88. The fourth-order valence-corrected chi connectivity index (χ4v) is 4.18. The number of carbonyl (C=O) groups excluding carboxylic acids is 1. The van der Waals surface area contributed by atoms with E-state index in [0.717, 1.165) is 19.5 Å². The molecule has 1 aliphatic heterocycles. The Hall–Kier alpha value is -1.44. The Morgan fingerprint density at radius 2 is 2.14 bits per heavy atom. The lowest BCUT2D eigenvalue weighted by atomic mass is 9.97. The lowest BCUT2D eigenvalue weighted by Gasteiger charge is -2.30. The summed E-state index contributed by atoms with van der Waals surface area (Å²) in [5, 5.41) is 3.24. The molecule has 2 N–H and O–H groups in total. The van der Waals surface area contributed by atoms with Gasteiger partial charge in [0, 0.05) is 6.04 Å². The van der Waals surface area contributed by atoms with Crippen molar-refractivity contribution in [2.45, 2.75) is 25.1 Å². The minimum atomic E-state index is -3.52. The van der Waals surface area contributed by atoms with E-state index in [0.29, 0.717) is 5.56 Å². The first-order valence-corrected chi connectivity index (χ1v) is 8.95. The number of carbonyl (C=O) groups is 1. The van der Waals surface area contributed by atoms with Crippen LogP contribution in [0.3, 0.4) is 0 Å². The number of esters is 1. The fraction of sp³-hybridized carbons (Fsp3) is 0.533. The molecule has 0 bridgehead atoms. The molecule has 122 valence electrons. The van der Waals surface area contributed by atoms with Crippen molar-refractivity contribution in [3.8, 4) is 0 Å². The van der Waals surface area contributed by atoms with Crippen molar-refractivity contribution in [1.29, 1.82) is 0 Å². The lowest BCUT2D eigenvalue weighted by molar-refractivity contribution is 0.0600. The summed E-state index contributed by atoms with van der Waals surface area (Å²) in [5.41, 5.74) is 0.733. The molecule has 1 saturated heterocycles. The van der Waals surface area contributed by atoms with Crippen molar-refractivity contribution >= 4 is 16.0 Å². The Kier molecular flexibility index (Phi) is 5.55. The number of nitrogens with one attached hydrogen (secondary N) is 2. The zero-order valence-corrected chi connectivity index (χ0v) is 13.7. The molecule has 0 aliphatic carbocycles. The first kappa shape index (κ1) is 16.9. The predicted octanol–water partition coefficient (Wildman–Crippen LogP) is 0.891. The van der Waals surface area contributed by atoms with Crippen molar-refractivity contribution < 1.29 is 17.9 Å². The Morgan fingerprint density at radius 1 is 1.41 bits per heavy atom. The van der Waals surface area contributed by atoms with Gasteiger partial charge in [-0.1, -0.05) is 25.1 Å². The summed E-state index contributed by atoms with van der Waals surface area (Å²) in [4.78, 5) is 11.7. The van der Waals surface area contributed by atoms with Crippen molar-refractivity contribution in [1.82, 2.24) is 10.0 Å². The number of rotatable bonds is 5. The average molecular weight is 326 g/mol. The molecule has 2 unspecified atom stereocenters. The van der Waals surface area contributed by atoms with Crippen molar-refractivity contribution in [2.75, 3.05) is 20.2 Å². The van der Waals surface area contributed by atoms with Gasteiger partial charge in [-0.15, -0.1) is 0 Å². The fourth-order valence-electron chi connectivity index (χ4n) is 2.62. The number of benzene rings is 1. The van der Waals surface area contributed by atoms with Crippen LogP contribution in [0, 0.1) is 5.92 Å². The van der Waals surface area contributed by atoms with Crippen LogP contribution in [0.1, 0.15) is 29.3 Å². The summed E-state index contributed by atoms with van der Waals surface area (Å²) < 4.78 is 32.2. The zero-order valence-electron chi connectivity index (χ0n) is 12.8. The van der Waals surface area contributed by atoms with E-state index in [1.807, 2.05) is 6.92 Å². The zero-order chi connectivity index (χ0) is 16.2. The molecule has 0 saturated carbocycles. The minimum absolute atomic E-state index is 0.0726. The van der Waals surface area contributed by atoms with E-state index in [4.69, 9.17) is 4.74 Å². The maximum absolute atomic E-state index is 12.4. The van der Waals surface area contributed by atoms with Crippen LogP contribution in [0.5, 0.6) is 0 Å². The summed E-state index contributed by atoms with van der Waals surface area (Å²) in [6, 6.07) is 6.53. The maximum atomic E-state index is 12.4. The molecule has 2 rings (SSSR count). The second-order valence-corrected chi connectivity index (χ2v) is 7.36. The lowest BCUT2D eigenvalue weighted by Crippen LogP contribution is -2.48. The van der Waals surface area contributed by atoms with E-state index in [2.05, 4.69) is 10.0 Å². The smallest absolute Gasteiger partial charge is 0.338 e. The number of hydrogen-bond acceptors (Lipinski definition) is 5. The Morgan fingerprint density at radius 3 is 2.82 bits per heavy atom. The van der Waals surface area contributed by atoms with Crippen LogP contribution < -0.4 is 10.0 Å². The Balaban J connectivity index is 2.13. The number of piperidine rings is 1. The largest absolute Gasteiger partial charge is 0.465 e. The number of ether oxygens (including phenoxy) is 1. The standard InChI is InChI=1S/C15H22N2O4S/c1-11-9-16-8-7-14(11)17-22(19,20)10-12-5-3-4-6-13(12)15(18)21-2/h3-6,11,14,16-17H,7-10H2,1-2H3. The molecule has 1 heterocycles. The molecule has 0 amide bonds. The molecule has 1 aliphatic rings. The number of methoxy groups -OCH3 is 1. The molecule has 1 aromatic rings. The average Bonchev–Trinajstić information content (AvgIpc) is 2.49. The minimum Gasteiger partial charge on any atom is -0.465 e. The van der Waals surface area contributed by atoms with Crippen LogP contribution in [-0.2, 0) is 20.5 Å². The summed E-state index contributed by atoms with van der Waals surface area (Å²) in [6.07, 6.45) is 0.763. The first-order chi connectivity index (χ1) is 10.4. The topological polar surface area (TPSA) is 84.5 Å². The maximum Gasteiger partial charge on any atom is 0.338 e. The van der Waals surface area contributed by atoms with E-state index in [1.165, 1.54) is 7.11 Å². The van der Waals surface area contributed by atoms with Gasteiger partial charge in [-0.3, -0.25) is 0 Å². The van der Waals surface area contributed by atoms with Gasteiger partial charge in [0.2, 0.25) is 10.0 Å². The highest BCUT2D eigenvalue weighted by Crippen LogP contribution is 2.16. The molecular formula is C15H22N2O4S. The van der Waals surface area contributed by atoms with E-state index in [9.17, 15) is 13.2 Å². The summed E-state index contributed by atoms with van der Waals surface area (Å²) in [7, 11) is -2.24. The second-order valence-electron chi connectivity index (χ2n) is 5.60. The Labute approximate surface area is 131 Å². The summed E-state index contributed by atoms with van der Waals surface area (Å²) in [6.45, 7) is 3.62. The molecule has 1 aromatic carbocycles. The van der Waals surface area contributed by atoms with E-state index in [-0.39, 0.29) is 23.3 Å². The highest BCUT2D eigenvalue weighted by Gasteiger charge is 2.26. The van der Waals surface area contributed by atoms with Gasteiger partial charge in [0.25, 0.3) is 0 Å². The van der Waals surface area contributed by atoms with Crippen LogP contribution in [0.2, 0.25) is 0 Å². The van der Waals surface area contributed by atoms with Gasteiger partial charge in [-0.25, -0.2) is 17.9 Å². The van der Waals surface area contributed by atoms with Crippen LogP contribution in [0.15, 0.2) is 24.3 Å². The number of hydrogen-bond donors (Lipinski definition) is 2. The molecule has 7 heteroatoms. The van der Waals surface area contributed by atoms with Crippen LogP contribution in [0.4, 0.5) is 0 Å². The molecule has 2 atom stereocenters. The van der Waals surface area contributed by atoms with E-state index >= 15 is 0 Å². The van der Waals surface area contributed by atoms with Gasteiger partial charge in [0.1, 0.15) is 0 Å². The molecule has 0 aromatic heterocycles. The third-order valence-corrected chi connectivity index (χ3v) is 5.24. The normalized spacial score (nSPS) is 22.3. The van der Waals surface area contributed by atoms with Gasteiger partial charge in [-0.05, 0) is 37.1 Å². The SMILES string of the molecule is COC(=O)c1ccccc1CS(=O)(=O)NC1CCNCC1C. The third kappa shape index (κ3) is 4.28. The van der Waals surface area contributed by atoms with Crippen LogP contribution in [-0.4, -0.2) is 40.6 Å².